The van der Waals surface area contributed by atoms with Gasteiger partial charge in [-0.25, -0.2) is 4.99 Å². The Kier molecular flexibility index (Phi) is 8.88. The van der Waals surface area contributed by atoms with Gasteiger partial charge < -0.3 is 20.6 Å². The van der Waals surface area contributed by atoms with Gasteiger partial charge in [0, 0.05) is 24.5 Å². The van der Waals surface area contributed by atoms with E-state index in [-0.39, 0.29) is 0 Å². The molecule has 3 N–H and O–H groups in total. The van der Waals surface area contributed by atoms with E-state index in [2.05, 4.69) is 34.4 Å². The summed E-state index contributed by atoms with van der Waals surface area (Å²) in [5, 5.41) is 19.3. The smallest absolute Gasteiger partial charge is 0.191 e. The highest BCUT2D eigenvalue weighted by Crippen LogP contribution is 2.25. The topological polar surface area (TPSA) is 59.9 Å². The molecule has 2 rings (SSSR count). The van der Waals surface area contributed by atoms with Gasteiger partial charge in [-0.15, -0.1) is 11.3 Å². The first-order chi connectivity index (χ1) is 12.5. The fourth-order valence-corrected chi connectivity index (χ4v) is 4.17. The van der Waals surface area contributed by atoms with Crippen molar-refractivity contribution in [2.75, 3.05) is 39.3 Å². The summed E-state index contributed by atoms with van der Waals surface area (Å²) in [6, 6.07) is 3.92. The van der Waals surface area contributed by atoms with E-state index >= 15 is 0 Å². The van der Waals surface area contributed by atoms with Crippen molar-refractivity contribution in [3.05, 3.63) is 22.4 Å². The van der Waals surface area contributed by atoms with E-state index in [1.807, 2.05) is 24.4 Å². The number of rotatable bonds is 9. The molecule has 0 aromatic carbocycles. The zero-order chi connectivity index (χ0) is 18.8. The van der Waals surface area contributed by atoms with Gasteiger partial charge >= 0.3 is 0 Å². The molecule has 1 aromatic rings. The molecule has 26 heavy (non-hydrogen) atoms. The standard InChI is InChI=1S/C20H36N4OS/c1-4-21-19(23-16-20(3,25)18-10-8-14-26-18)22-11-5-6-12-24-13-7-9-17(2)15-24/h8,10,14,17,25H,4-7,9,11-13,15-16H2,1-3H3,(H2,21,22,23). The zero-order valence-electron chi connectivity index (χ0n) is 16.6. The van der Waals surface area contributed by atoms with Crippen LogP contribution in [0.2, 0.25) is 0 Å². The number of unbranched alkanes of at least 4 members (excludes halogenated alkanes) is 1. The van der Waals surface area contributed by atoms with E-state index in [0.29, 0.717) is 6.54 Å². The molecule has 0 bridgehead atoms. The Hall–Kier alpha value is -1.11. The molecule has 0 aliphatic carbocycles. The quantitative estimate of drug-likeness (QED) is 0.350. The molecule has 0 amide bonds. The first-order valence-electron chi connectivity index (χ1n) is 10.0. The fourth-order valence-electron chi connectivity index (χ4n) is 3.39. The minimum atomic E-state index is -0.915. The molecular formula is C20H36N4OS. The number of thiophene rings is 1. The van der Waals surface area contributed by atoms with Gasteiger partial charge in [0.25, 0.3) is 0 Å². The van der Waals surface area contributed by atoms with Crippen molar-refractivity contribution in [1.82, 2.24) is 15.5 Å². The molecule has 148 valence electrons. The maximum Gasteiger partial charge on any atom is 0.191 e. The van der Waals surface area contributed by atoms with Gasteiger partial charge in [0.05, 0.1) is 6.54 Å². The Morgan fingerprint density at radius 1 is 1.42 bits per heavy atom. The Balaban J connectivity index is 1.70. The van der Waals surface area contributed by atoms with E-state index in [1.165, 1.54) is 38.9 Å². The van der Waals surface area contributed by atoms with Crippen LogP contribution in [0.15, 0.2) is 22.5 Å². The Labute approximate surface area is 162 Å². The highest BCUT2D eigenvalue weighted by atomic mass is 32.1. The SMILES string of the molecule is CCNC(=NCC(C)(O)c1cccs1)NCCCCN1CCCC(C)C1. The number of hydrogen-bond acceptors (Lipinski definition) is 4. The first-order valence-corrected chi connectivity index (χ1v) is 10.9. The predicted octanol–water partition coefficient (Wildman–Crippen LogP) is 3.02. The predicted molar refractivity (Wildman–Crippen MR) is 112 cm³/mol. The van der Waals surface area contributed by atoms with Crippen LogP contribution >= 0.6 is 11.3 Å². The van der Waals surface area contributed by atoms with E-state index in [9.17, 15) is 5.11 Å². The van der Waals surface area contributed by atoms with E-state index < -0.39 is 5.60 Å². The lowest BCUT2D eigenvalue weighted by Gasteiger charge is -2.30. The van der Waals surface area contributed by atoms with Crippen molar-refractivity contribution in [3.8, 4) is 0 Å². The molecule has 6 heteroatoms. The average Bonchev–Trinajstić information content (AvgIpc) is 3.15. The lowest BCUT2D eigenvalue weighted by molar-refractivity contribution is 0.0711. The van der Waals surface area contributed by atoms with Gasteiger partial charge in [0.2, 0.25) is 0 Å². The van der Waals surface area contributed by atoms with E-state index in [1.54, 1.807) is 11.3 Å². The minimum absolute atomic E-state index is 0.356. The van der Waals surface area contributed by atoms with Crippen LogP contribution in [0.1, 0.15) is 51.3 Å². The average molecular weight is 381 g/mol. The number of hydrogen-bond donors (Lipinski definition) is 3. The molecule has 0 spiro atoms. The van der Waals surface area contributed by atoms with Crippen LogP contribution < -0.4 is 10.6 Å². The molecule has 1 saturated heterocycles. The monoisotopic (exact) mass is 380 g/mol. The van der Waals surface area contributed by atoms with Gasteiger partial charge in [-0.1, -0.05) is 13.0 Å². The molecule has 5 nitrogen and oxygen atoms in total. The van der Waals surface area contributed by atoms with E-state index in [4.69, 9.17) is 0 Å². The number of aliphatic hydroxyl groups is 1. The van der Waals surface area contributed by atoms with Crippen molar-refractivity contribution in [2.45, 2.75) is 52.1 Å². The van der Waals surface area contributed by atoms with Crippen LogP contribution in [0.3, 0.4) is 0 Å². The zero-order valence-corrected chi connectivity index (χ0v) is 17.4. The summed E-state index contributed by atoms with van der Waals surface area (Å²) in [4.78, 5) is 8.13. The van der Waals surface area contributed by atoms with Gasteiger partial charge in [-0.05, 0) is 70.0 Å². The summed E-state index contributed by atoms with van der Waals surface area (Å²) in [6.07, 6.45) is 5.08. The summed E-state index contributed by atoms with van der Waals surface area (Å²) < 4.78 is 0. The third-order valence-corrected chi connectivity index (χ3v) is 6.00. The Bertz CT molecular complexity index is 530. The summed E-state index contributed by atoms with van der Waals surface area (Å²) in [5.41, 5.74) is -0.915. The molecule has 2 heterocycles. The normalized spacial score (nSPS) is 21.4. The molecule has 2 atom stereocenters. The van der Waals surface area contributed by atoms with Gasteiger partial charge in [0.1, 0.15) is 5.60 Å². The number of nitrogens with zero attached hydrogens (tertiary/aromatic N) is 2. The van der Waals surface area contributed by atoms with Gasteiger partial charge in [0.15, 0.2) is 5.96 Å². The third kappa shape index (κ3) is 7.25. The second-order valence-corrected chi connectivity index (χ2v) is 8.58. The number of likely N-dealkylation sites (tertiary alicyclic amines) is 1. The summed E-state index contributed by atoms with van der Waals surface area (Å²) in [7, 11) is 0. The highest BCUT2D eigenvalue weighted by Gasteiger charge is 2.24. The lowest BCUT2D eigenvalue weighted by Crippen LogP contribution is -2.39. The van der Waals surface area contributed by atoms with Crippen molar-refractivity contribution in [3.63, 3.8) is 0 Å². The largest absolute Gasteiger partial charge is 0.383 e. The van der Waals surface area contributed by atoms with Crippen LogP contribution in [0.5, 0.6) is 0 Å². The summed E-state index contributed by atoms with van der Waals surface area (Å²) in [5.74, 6) is 1.64. The Morgan fingerprint density at radius 2 is 2.27 bits per heavy atom. The fraction of sp³-hybridized carbons (Fsp3) is 0.750. The minimum Gasteiger partial charge on any atom is -0.383 e. The second kappa shape index (κ2) is 10.9. The molecule has 2 unspecified atom stereocenters. The lowest BCUT2D eigenvalue weighted by atomic mass is 10.0. The Morgan fingerprint density at radius 3 is 2.96 bits per heavy atom. The molecule has 0 saturated carbocycles. The van der Waals surface area contributed by atoms with E-state index in [0.717, 1.165) is 36.3 Å². The molecule has 0 radical (unpaired) electrons. The molecule has 1 aliphatic rings. The molecule has 1 fully saturated rings. The van der Waals surface area contributed by atoms with Crippen molar-refractivity contribution in [1.29, 1.82) is 0 Å². The van der Waals surface area contributed by atoms with Crippen molar-refractivity contribution in [2.24, 2.45) is 10.9 Å². The molecular weight excluding hydrogens is 344 g/mol. The molecule has 1 aliphatic heterocycles. The third-order valence-electron chi connectivity index (χ3n) is 4.88. The summed E-state index contributed by atoms with van der Waals surface area (Å²) in [6.45, 7) is 12.1. The van der Waals surface area contributed by atoms with Crippen LogP contribution in [0.4, 0.5) is 0 Å². The van der Waals surface area contributed by atoms with Crippen LogP contribution in [0.25, 0.3) is 0 Å². The second-order valence-electron chi connectivity index (χ2n) is 7.63. The van der Waals surface area contributed by atoms with Crippen LogP contribution in [-0.4, -0.2) is 55.2 Å². The maximum atomic E-state index is 10.6. The number of aliphatic imine (C=N–C) groups is 1. The van der Waals surface area contributed by atoms with Gasteiger partial charge in [-0.3, -0.25) is 0 Å². The number of guanidine groups is 1. The molecule has 1 aromatic heterocycles. The van der Waals surface area contributed by atoms with Crippen LogP contribution in [0, 0.1) is 5.92 Å². The van der Waals surface area contributed by atoms with Crippen molar-refractivity contribution >= 4 is 17.3 Å². The summed E-state index contributed by atoms with van der Waals surface area (Å²) >= 11 is 1.57. The van der Waals surface area contributed by atoms with Crippen LogP contribution in [-0.2, 0) is 5.60 Å². The van der Waals surface area contributed by atoms with Gasteiger partial charge in [-0.2, -0.15) is 0 Å². The highest BCUT2D eigenvalue weighted by molar-refractivity contribution is 7.10. The van der Waals surface area contributed by atoms with Crippen molar-refractivity contribution < 1.29 is 5.11 Å². The number of piperidine rings is 1. The number of nitrogens with one attached hydrogen (secondary N) is 2. The first kappa shape index (κ1) is 21.2. The maximum absolute atomic E-state index is 10.6.